The molecule has 4 aromatic rings. The van der Waals surface area contributed by atoms with Gasteiger partial charge in [-0.1, -0.05) is 102 Å². The summed E-state index contributed by atoms with van der Waals surface area (Å²) in [5.74, 6) is 0. The summed E-state index contributed by atoms with van der Waals surface area (Å²) in [5.41, 5.74) is 11.4. The topological polar surface area (TPSA) is 20.2 Å². The molecule has 0 aliphatic rings. The van der Waals surface area contributed by atoms with Crippen LogP contribution in [-0.2, 0) is 0 Å². The molecule has 0 radical (unpaired) electrons. The molecule has 0 bridgehead atoms. The van der Waals surface area contributed by atoms with Gasteiger partial charge in [0.15, 0.2) is 0 Å². The quantitative estimate of drug-likeness (QED) is 0.378. The van der Waals surface area contributed by atoms with E-state index in [1.807, 2.05) is 6.92 Å². The van der Waals surface area contributed by atoms with E-state index in [9.17, 15) is 5.11 Å². The van der Waals surface area contributed by atoms with Crippen LogP contribution in [0, 0.1) is 20.8 Å². The van der Waals surface area contributed by atoms with Crippen molar-refractivity contribution in [3.05, 3.63) is 107 Å². The molecule has 1 N–H and O–H groups in total. The maximum Gasteiger partial charge on any atom is 0.0774 e. The van der Waals surface area contributed by atoms with Gasteiger partial charge in [-0.15, -0.1) is 0 Å². The Hall–Kier alpha value is -3.16. The van der Waals surface area contributed by atoms with Crippen molar-refractivity contribution in [2.75, 3.05) is 0 Å². The average molecular weight is 393 g/mol. The van der Waals surface area contributed by atoms with Gasteiger partial charge in [0.25, 0.3) is 0 Å². The van der Waals surface area contributed by atoms with E-state index in [-0.39, 0.29) is 0 Å². The molecule has 0 spiro atoms. The smallest absolute Gasteiger partial charge is 0.0774 e. The molecule has 1 atom stereocenters. The molecule has 30 heavy (non-hydrogen) atoms. The summed E-state index contributed by atoms with van der Waals surface area (Å²) in [4.78, 5) is 0. The van der Waals surface area contributed by atoms with Crippen molar-refractivity contribution in [3.63, 3.8) is 0 Å². The van der Waals surface area contributed by atoms with Crippen molar-refractivity contribution in [1.29, 1.82) is 0 Å². The maximum atomic E-state index is 10.9. The first kappa shape index (κ1) is 20.1. The predicted octanol–water partition coefficient (Wildman–Crippen LogP) is 7.67. The first-order chi connectivity index (χ1) is 14.4. The minimum absolute atomic E-state index is 0.594. The van der Waals surface area contributed by atoms with E-state index in [0.717, 1.165) is 38.9 Å². The van der Waals surface area contributed by atoms with E-state index in [1.165, 1.54) is 16.7 Å². The van der Waals surface area contributed by atoms with Crippen molar-refractivity contribution in [2.45, 2.75) is 33.8 Å². The number of aliphatic hydroxyl groups excluding tert-OH is 1. The van der Waals surface area contributed by atoms with Crippen LogP contribution in [-0.4, -0.2) is 5.11 Å². The van der Waals surface area contributed by atoms with Gasteiger partial charge in [-0.2, -0.15) is 0 Å². The van der Waals surface area contributed by atoms with Gasteiger partial charge >= 0.3 is 0 Å². The molecule has 0 unspecified atom stereocenters. The minimum atomic E-state index is -0.594. The highest BCUT2D eigenvalue weighted by molar-refractivity contribution is 5.91. The van der Waals surface area contributed by atoms with Crippen LogP contribution < -0.4 is 0 Å². The number of hydrogen-bond acceptors (Lipinski definition) is 1. The Balaban J connectivity index is 2.04. The Morgan fingerprint density at radius 2 is 0.867 bits per heavy atom. The van der Waals surface area contributed by atoms with Gasteiger partial charge in [0.2, 0.25) is 0 Å². The summed E-state index contributed by atoms with van der Waals surface area (Å²) in [5, 5.41) is 10.9. The molecule has 1 heteroatoms. The number of rotatable bonds is 4. The predicted molar refractivity (Wildman–Crippen MR) is 128 cm³/mol. The molecule has 150 valence electrons. The summed E-state index contributed by atoms with van der Waals surface area (Å²) in [7, 11) is 0. The highest BCUT2D eigenvalue weighted by atomic mass is 16.3. The second-order valence-corrected chi connectivity index (χ2v) is 8.22. The molecule has 0 amide bonds. The van der Waals surface area contributed by atoms with Crippen LogP contribution in [0.3, 0.4) is 0 Å². The molecular formula is C29H28O. The summed E-state index contributed by atoms with van der Waals surface area (Å²) < 4.78 is 0. The maximum absolute atomic E-state index is 10.9. The van der Waals surface area contributed by atoms with Crippen LogP contribution in [0.1, 0.15) is 35.3 Å². The minimum Gasteiger partial charge on any atom is -0.389 e. The monoisotopic (exact) mass is 392 g/mol. The van der Waals surface area contributed by atoms with Crippen LogP contribution in [0.15, 0.2) is 84.9 Å². The van der Waals surface area contributed by atoms with Gasteiger partial charge in [-0.3, -0.25) is 0 Å². The normalized spacial score (nSPS) is 12.0. The zero-order chi connectivity index (χ0) is 21.3. The average Bonchev–Trinajstić information content (AvgIpc) is 2.74. The molecule has 0 saturated heterocycles. The van der Waals surface area contributed by atoms with E-state index in [1.54, 1.807) is 0 Å². The molecule has 0 heterocycles. The van der Waals surface area contributed by atoms with Gasteiger partial charge in [0.05, 0.1) is 6.10 Å². The lowest BCUT2D eigenvalue weighted by Crippen LogP contribution is -2.01. The third kappa shape index (κ3) is 3.94. The van der Waals surface area contributed by atoms with Crippen LogP contribution in [0.5, 0.6) is 0 Å². The van der Waals surface area contributed by atoms with E-state index in [4.69, 9.17) is 0 Å². The van der Waals surface area contributed by atoms with Crippen LogP contribution >= 0.6 is 0 Å². The number of aryl methyl sites for hydroxylation is 3. The van der Waals surface area contributed by atoms with Gasteiger partial charge < -0.3 is 5.11 Å². The van der Waals surface area contributed by atoms with Gasteiger partial charge in [0.1, 0.15) is 0 Å². The van der Waals surface area contributed by atoms with Gasteiger partial charge in [-0.05, 0) is 66.6 Å². The third-order valence-electron chi connectivity index (χ3n) is 5.73. The summed E-state index contributed by atoms with van der Waals surface area (Å²) >= 11 is 0. The lowest BCUT2D eigenvalue weighted by Gasteiger charge is -2.22. The van der Waals surface area contributed by atoms with E-state index >= 15 is 0 Å². The fraction of sp³-hybridized carbons (Fsp3) is 0.172. The van der Waals surface area contributed by atoms with Crippen molar-refractivity contribution in [1.82, 2.24) is 0 Å². The summed E-state index contributed by atoms with van der Waals surface area (Å²) in [6.07, 6.45) is -0.594. The number of hydrogen-bond donors (Lipinski definition) is 1. The Bertz CT molecular complexity index is 1150. The molecule has 1 nitrogen and oxygen atoms in total. The molecule has 0 aliphatic heterocycles. The Kier molecular flexibility index (Phi) is 5.57. The van der Waals surface area contributed by atoms with Crippen molar-refractivity contribution >= 4 is 0 Å². The molecular weight excluding hydrogens is 364 g/mol. The largest absolute Gasteiger partial charge is 0.389 e. The lowest BCUT2D eigenvalue weighted by atomic mass is 9.83. The second kappa shape index (κ2) is 8.30. The standard InChI is InChI=1S/C29H28O/c1-19-5-11-23(12-6-19)26-17-18-27(24-13-7-20(2)8-14-24)29(28(26)22(4)30)25-15-9-21(3)10-16-25/h5-18,22,30H,1-4H3/t22-/m0/s1. The van der Waals surface area contributed by atoms with Crippen molar-refractivity contribution < 1.29 is 5.11 Å². The summed E-state index contributed by atoms with van der Waals surface area (Å²) in [6.45, 7) is 8.16. The fourth-order valence-electron chi connectivity index (χ4n) is 4.04. The highest BCUT2D eigenvalue weighted by Crippen LogP contribution is 2.43. The van der Waals surface area contributed by atoms with Crippen LogP contribution in [0.2, 0.25) is 0 Å². The molecule has 0 fully saturated rings. The zero-order valence-electron chi connectivity index (χ0n) is 18.1. The SMILES string of the molecule is Cc1ccc(-c2ccc(-c3ccc(C)cc3)c([C@H](C)O)c2-c2ccc(C)cc2)cc1. The van der Waals surface area contributed by atoms with E-state index in [0.29, 0.717) is 0 Å². The van der Waals surface area contributed by atoms with Crippen LogP contribution in [0.25, 0.3) is 33.4 Å². The van der Waals surface area contributed by atoms with Crippen molar-refractivity contribution in [3.8, 4) is 33.4 Å². The molecule has 0 aliphatic carbocycles. The van der Waals surface area contributed by atoms with Crippen molar-refractivity contribution in [2.24, 2.45) is 0 Å². The second-order valence-electron chi connectivity index (χ2n) is 8.22. The van der Waals surface area contributed by atoms with Crippen LogP contribution in [0.4, 0.5) is 0 Å². The Morgan fingerprint density at radius 3 is 1.30 bits per heavy atom. The molecule has 4 aromatic carbocycles. The highest BCUT2D eigenvalue weighted by Gasteiger charge is 2.20. The Morgan fingerprint density at radius 1 is 0.500 bits per heavy atom. The van der Waals surface area contributed by atoms with E-state index < -0.39 is 6.10 Å². The Labute approximate surface area is 179 Å². The lowest BCUT2D eigenvalue weighted by molar-refractivity contribution is 0.200. The number of benzene rings is 4. The third-order valence-corrected chi connectivity index (χ3v) is 5.73. The van der Waals surface area contributed by atoms with Gasteiger partial charge in [0, 0.05) is 0 Å². The van der Waals surface area contributed by atoms with Gasteiger partial charge in [-0.25, -0.2) is 0 Å². The summed E-state index contributed by atoms with van der Waals surface area (Å²) in [6, 6.07) is 30.1. The zero-order valence-corrected chi connectivity index (χ0v) is 18.1. The molecule has 0 aromatic heterocycles. The first-order valence-corrected chi connectivity index (χ1v) is 10.5. The molecule has 0 saturated carbocycles. The fourth-order valence-corrected chi connectivity index (χ4v) is 4.04. The molecule has 4 rings (SSSR count). The van der Waals surface area contributed by atoms with E-state index in [2.05, 4.69) is 106 Å². The first-order valence-electron chi connectivity index (χ1n) is 10.5. The number of aliphatic hydroxyl groups is 1.